The van der Waals surface area contributed by atoms with Gasteiger partial charge in [0.25, 0.3) is 0 Å². The fourth-order valence-electron chi connectivity index (χ4n) is 2.91. The number of nitrogens with one attached hydrogen (secondary N) is 2. The van der Waals surface area contributed by atoms with Crippen LogP contribution in [-0.4, -0.2) is 45.0 Å². The zero-order valence-electron chi connectivity index (χ0n) is 18.9. The summed E-state index contributed by atoms with van der Waals surface area (Å²) in [5.74, 6) is -3.69. The molecule has 0 aromatic heterocycles. The lowest BCUT2D eigenvalue weighted by molar-refractivity contribution is -0.126. The van der Waals surface area contributed by atoms with Gasteiger partial charge in [-0.2, -0.15) is 0 Å². The molecule has 2 atom stereocenters. The second-order valence-electron chi connectivity index (χ2n) is 8.44. The van der Waals surface area contributed by atoms with E-state index in [-0.39, 0.29) is 5.69 Å². The van der Waals surface area contributed by atoms with Crippen LogP contribution in [0.3, 0.4) is 0 Å². The molecule has 0 spiro atoms. The van der Waals surface area contributed by atoms with Crippen LogP contribution in [0.4, 0.5) is 20.2 Å². The van der Waals surface area contributed by atoms with Crippen LogP contribution in [0.15, 0.2) is 48.5 Å². The van der Waals surface area contributed by atoms with Gasteiger partial charge >= 0.3 is 0 Å². The van der Waals surface area contributed by atoms with Crippen LogP contribution in [0, 0.1) is 11.6 Å². The first-order valence-corrected chi connectivity index (χ1v) is 11.6. The predicted octanol–water partition coefficient (Wildman–Crippen LogP) is 2.99. The molecule has 2 rings (SSSR count). The molecule has 33 heavy (non-hydrogen) atoms. The van der Waals surface area contributed by atoms with Gasteiger partial charge in [-0.05, 0) is 76.2 Å². The lowest BCUT2D eigenvalue weighted by Crippen LogP contribution is -2.53. The summed E-state index contributed by atoms with van der Waals surface area (Å²) < 4.78 is 38.9. The van der Waals surface area contributed by atoms with Crippen molar-refractivity contribution in [3.05, 3.63) is 60.2 Å². The normalized spacial score (nSPS) is 13.0. The third kappa shape index (κ3) is 8.38. The highest BCUT2D eigenvalue weighted by Gasteiger charge is 2.30. The molecule has 2 aromatic rings. The van der Waals surface area contributed by atoms with E-state index in [2.05, 4.69) is 10.6 Å². The van der Waals surface area contributed by atoms with Gasteiger partial charge in [0.2, 0.25) is 17.7 Å². The Morgan fingerprint density at radius 2 is 1.45 bits per heavy atom. The highest BCUT2D eigenvalue weighted by atomic mass is 32.2. The molecule has 0 saturated heterocycles. The smallest absolute Gasteiger partial charge is 0.243 e. The van der Waals surface area contributed by atoms with Crippen LogP contribution >= 0.6 is 0 Å². The Kier molecular flexibility index (Phi) is 8.81. The molecular weight excluding hydrogens is 452 g/mol. The maximum Gasteiger partial charge on any atom is 0.243 e. The summed E-state index contributed by atoms with van der Waals surface area (Å²) in [5, 5.41) is 5.26. The topological polar surface area (TPSA) is 95.6 Å². The van der Waals surface area contributed by atoms with Crippen LogP contribution in [0.1, 0.15) is 27.7 Å². The Hall–Kier alpha value is -3.14. The molecule has 0 heterocycles. The average molecular weight is 480 g/mol. The Labute approximate surface area is 194 Å². The van der Waals surface area contributed by atoms with Crippen molar-refractivity contribution in [2.24, 2.45) is 0 Å². The number of nitrogens with zero attached hydrogens (tertiary/aromatic N) is 1. The number of carbonyl (C=O) groups excluding carboxylic acids is 3. The van der Waals surface area contributed by atoms with E-state index >= 15 is 0 Å². The van der Waals surface area contributed by atoms with Crippen molar-refractivity contribution in [2.75, 3.05) is 21.7 Å². The molecule has 10 heteroatoms. The summed E-state index contributed by atoms with van der Waals surface area (Å²) >= 11 is 0. The summed E-state index contributed by atoms with van der Waals surface area (Å²) in [5.41, 5.74) is 0.0280. The summed E-state index contributed by atoms with van der Waals surface area (Å²) in [6.07, 6.45) is 0. The molecule has 2 aromatic carbocycles. The molecule has 0 aliphatic heterocycles. The van der Waals surface area contributed by atoms with Crippen LogP contribution < -0.4 is 15.5 Å². The van der Waals surface area contributed by atoms with Crippen molar-refractivity contribution in [3.63, 3.8) is 0 Å². The van der Waals surface area contributed by atoms with Gasteiger partial charge in [0.15, 0.2) is 0 Å². The summed E-state index contributed by atoms with van der Waals surface area (Å²) in [4.78, 5) is 39.0. The fourth-order valence-corrected chi connectivity index (χ4v) is 3.79. The van der Waals surface area contributed by atoms with Crippen molar-refractivity contribution in [1.29, 1.82) is 0 Å². The first-order valence-electron chi connectivity index (χ1n) is 10.2. The molecule has 0 bridgehead atoms. The third-order valence-electron chi connectivity index (χ3n) is 4.34. The number of hydrogen-bond donors (Lipinski definition) is 2. The van der Waals surface area contributed by atoms with Gasteiger partial charge in [0, 0.05) is 27.7 Å². The van der Waals surface area contributed by atoms with Crippen molar-refractivity contribution in [3.8, 4) is 0 Å². The Balaban J connectivity index is 2.12. The van der Waals surface area contributed by atoms with Crippen molar-refractivity contribution in [1.82, 2.24) is 5.32 Å². The average Bonchev–Trinajstić information content (AvgIpc) is 2.69. The number of benzene rings is 2. The van der Waals surface area contributed by atoms with Gasteiger partial charge in [0.05, 0.1) is 0 Å². The molecule has 7 nitrogen and oxygen atoms in total. The number of hydrogen-bond acceptors (Lipinski definition) is 4. The van der Waals surface area contributed by atoms with Gasteiger partial charge in [-0.25, -0.2) is 8.78 Å². The van der Waals surface area contributed by atoms with Crippen molar-refractivity contribution >= 4 is 39.9 Å². The maximum atomic E-state index is 13.4. The van der Waals surface area contributed by atoms with Crippen molar-refractivity contribution in [2.45, 2.75) is 39.3 Å². The van der Waals surface area contributed by atoms with Crippen LogP contribution in [0.5, 0.6) is 0 Å². The molecule has 0 saturated carbocycles. The zero-order valence-corrected chi connectivity index (χ0v) is 19.7. The first kappa shape index (κ1) is 26.1. The lowest BCUT2D eigenvalue weighted by Gasteiger charge is -2.31. The molecule has 0 fully saturated rings. The van der Waals surface area contributed by atoms with E-state index in [1.165, 1.54) is 43.3 Å². The molecule has 178 valence electrons. The fraction of sp³-hybridized carbons (Fsp3) is 0.348. The number of rotatable bonds is 8. The second kappa shape index (κ2) is 11.1. The molecular formula is C23H27F2N3O4S. The Bertz CT molecular complexity index is 1020. The molecule has 3 amide bonds. The van der Waals surface area contributed by atoms with E-state index in [0.717, 1.165) is 17.0 Å². The van der Waals surface area contributed by atoms with Crippen LogP contribution in [0.2, 0.25) is 0 Å². The monoisotopic (exact) mass is 479 g/mol. The van der Waals surface area contributed by atoms with Gasteiger partial charge in [-0.1, -0.05) is 0 Å². The first-order chi connectivity index (χ1) is 15.4. The van der Waals surface area contributed by atoms with Crippen LogP contribution in [0.25, 0.3) is 0 Å². The standard InChI is InChI=1S/C23H27F2N3O4S/c1-15(22(31)27-23(2,3)4)28(19-11-7-17(25)8-12-19)21(30)14-33(32)13-20(29)26-18-9-5-16(24)6-10-18/h5-12,15H,13-14H2,1-4H3,(H,26,29)(H,27,31)/t15-,33+/m1/s1. The highest BCUT2D eigenvalue weighted by molar-refractivity contribution is 7.86. The van der Waals surface area contributed by atoms with E-state index < -0.39 is 63.2 Å². The second-order valence-corrected chi connectivity index (χ2v) is 9.90. The zero-order chi connectivity index (χ0) is 24.8. The Morgan fingerprint density at radius 1 is 0.939 bits per heavy atom. The SMILES string of the molecule is C[C@H](C(=O)NC(C)(C)C)N(C(=O)C[S@@](=O)CC(=O)Nc1ccc(F)cc1)c1ccc(F)cc1. The van der Waals surface area contributed by atoms with Gasteiger partial charge in [0.1, 0.15) is 29.2 Å². The summed E-state index contributed by atoms with van der Waals surface area (Å²) in [7, 11) is -1.89. The lowest BCUT2D eigenvalue weighted by atomic mass is 10.1. The Morgan fingerprint density at radius 3 is 1.97 bits per heavy atom. The van der Waals surface area contributed by atoms with Crippen molar-refractivity contribution < 1.29 is 27.4 Å². The molecule has 2 N–H and O–H groups in total. The van der Waals surface area contributed by atoms with Gasteiger partial charge in [-0.3, -0.25) is 23.5 Å². The maximum absolute atomic E-state index is 13.4. The van der Waals surface area contributed by atoms with Gasteiger partial charge in [-0.15, -0.1) is 0 Å². The molecule has 0 aliphatic carbocycles. The van der Waals surface area contributed by atoms with E-state index in [0.29, 0.717) is 5.69 Å². The van der Waals surface area contributed by atoms with E-state index in [1.807, 2.05) is 0 Å². The third-order valence-corrected chi connectivity index (χ3v) is 5.50. The number of anilines is 2. The highest BCUT2D eigenvalue weighted by Crippen LogP contribution is 2.19. The minimum atomic E-state index is -1.89. The number of halogens is 2. The van der Waals surface area contributed by atoms with E-state index in [4.69, 9.17) is 0 Å². The van der Waals surface area contributed by atoms with E-state index in [1.54, 1.807) is 20.8 Å². The summed E-state index contributed by atoms with van der Waals surface area (Å²) in [6.45, 7) is 6.87. The summed E-state index contributed by atoms with van der Waals surface area (Å²) in [6, 6.07) is 9.05. The quantitative estimate of drug-likeness (QED) is 0.609. The largest absolute Gasteiger partial charge is 0.350 e. The van der Waals surface area contributed by atoms with E-state index in [9.17, 15) is 27.4 Å². The molecule has 0 radical (unpaired) electrons. The molecule has 0 aliphatic rings. The minimum absolute atomic E-state index is 0.255. The van der Waals surface area contributed by atoms with Gasteiger partial charge < -0.3 is 10.6 Å². The minimum Gasteiger partial charge on any atom is -0.350 e. The molecule has 0 unspecified atom stereocenters. The van der Waals surface area contributed by atoms with Crippen LogP contribution in [-0.2, 0) is 25.2 Å². The predicted molar refractivity (Wildman–Crippen MR) is 124 cm³/mol. The number of carbonyl (C=O) groups is 3. The number of amides is 3.